The van der Waals surface area contributed by atoms with Gasteiger partial charge in [-0.15, -0.1) is 17.5 Å². The molecular weight excluding hydrogens is 286 g/mol. The predicted molar refractivity (Wildman–Crippen MR) is 97.9 cm³/mol. The molecular formula is C15H34ClN5. The topological polar surface area (TPSA) is 101 Å². The SMILES string of the molecule is CCCCC/C(C)=N\N=C(N)N.CCCCCC(C)=N.Cl. The van der Waals surface area contributed by atoms with E-state index in [-0.39, 0.29) is 18.4 Å². The van der Waals surface area contributed by atoms with Crippen LogP contribution < -0.4 is 11.5 Å². The van der Waals surface area contributed by atoms with Crippen LogP contribution in [0.5, 0.6) is 0 Å². The van der Waals surface area contributed by atoms with E-state index in [9.17, 15) is 0 Å². The predicted octanol–water partition coefficient (Wildman–Crippen LogP) is 4.24. The van der Waals surface area contributed by atoms with Crippen molar-refractivity contribution in [1.29, 1.82) is 5.41 Å². The van der Waals surface area contributed by atoms with Crippen molar-refractivity contribution in [1.82, 2.24) is 0 Å². The molecule has 5 N–H and O–H groups in total. The van der Waals surface area contributed by atoms with E-state index in [1.807, 2.05) is 13.8 Å². The van der Waals surface area contributed by atoms with Crippen LogP contribution in [0.15, 0.2) is 10.2 Å². The summed E-state index contributed by atoms with van der Waals surface area (Å²) in [6, 6.07) is 0. The summed E-state index contributed by atoms with van der Waals surface area (Å²) in [6.07, 6.45) is 9.31. The van der Waals surface area contributed by atoms with Crippen LogP contribution in [-0.2, 0) is 0 Å². The van der Waals surface area contributed by atoms with Gasteiger partial charge < -0.3 is 16.9 Å². The summed E-state index contributed by atoms with van der Waals surface area (Å²) >= 11 is 0. The zero-order valence-electron chi connectivity index (χ0n) is 14.1. The number of hydrogen-bond donors (Lipinski definition) is 3. The maximum Gasteiger partial charge on any atom is 0.211 e. The molecule has 0 radical (unpaired) electrons. The monoisotopic (exact) mass is 319 g/mol. The third-order valence-corrected chi connectivity index (χ3v) is 2.63. The van der Waals surface area contributed by atoms with Crippen LogP contribution >= 0.6 is 12.4 Å². The molecule has 0 amide bonds. The van der Waals surface area contributed by atoms with Crippen molar-refractivity contribution in [2.75, 3.05) is 0 Å². The third kappa shape index (κ3) is 27.9. The van der Waals surface area contributed by atoms with E-state index in [4.69, 9.17) is 16.9 Å². The Morgan fingerprint density at radius 3 is 1.71 bits per heavy atom. The largest absolute Gasteiger partial charge is 0.369 e. The van der Waals surface area contributed by atoms with Gasteiger partial charge >= 0.3 is 0 Å². The van der Waals surface area contributed by atoms with E-state index < -0.39 is 0 Å². The van der Waals surface area contributed by atoms with Crippen LogP contribution in [0.1, 0.15) is 79.1 Å². The molecule has 0 aliphatic heterocycles. The van der Waals surface area contributed by atoms with Gasteiger partial charge in [0.25, 0.3) is 0 Å². The second kappa shape index (κ2) is 18.9. The highest BCUT2D eigenvalue weighted by Gasteiger charge is 1.90. The van der Waals surface area contributed by atoms with Gasteiger partial charge in [0, 0.05) is 11.4 Å². The van der Waals surface area contributed by atoms with Crippen molar-refractivity contribution in [2.45, 2.75) is 79.1 Å². The van der Waals surface area contributed by atoms with Gasteiger partial charge in [-0.05, 0) is 39.5 Å². The summed E-state index contributed by atoms with van der Waals surface area (Å²) in [6.45, 7) is 8.15. The van der Waals surface area contributed by atoms with E-state index in [0.717, 1.165) is 30.7 Å². The minimum Gasteiger partial charge on any atom is -0.369 e. The Balaban J connectivity index is -0.000000317. The van der Waals surface area contributed by atoms with Crippen molar-refractivity contribution in [2.24, 2.45) is 21.7 Å². The Morgan fingerprint density at radius 1 is 0.857 bits per heavy atom. The number of nitrogens with one attached hydrogen (secondary N) is 1. The van der Waals surface area contributed by atoms with E-state index in [1.165, 1.54) is 32.1 Å². The van der Waals surface area contributed by atoms with Gasteiger partial charge in [-0.3, -0.25) is 0 Å². The molecule has 0 spiro atoms. The van der Waals surface area contributed by atoms with E-state index >= 15 is 0 Å². The van der Waals surface area contributed by atoms with Gasteiger partial charge in [0.05, 0.1) is 0 Å². The summed E-state index contributed by atoms with van der Waals surface area (Å²) in [7, 11) is 0. The van der Waals surface area contributed by atoms with Gasteiger partial charge in [0.2, 0.25) is 5.96 Å². The Morgan fingerprint density at radius 2 is 1.33 bits per heavy atom. The first-order valence-electron chi connectivity index (χ1n) is 7.60. The van der Waals surface area contributed by atoms with Crippen molar-refractivity contribution in [3.8, 4) is 0 Å². The summed E-state index contributed by atoms with van der Waals surface area (Å²) in [5.74, 6) is 0.0184. The standard InChI is InChI=1S/C8H18N4.C7H15N.ClH/c1-3-4-5-6-7(2)11-12-8(9)10;1-3-4-5-6-7(2)8;/h3-6H2,1-2H3,(H4,9,10,12);8H,3-6H2,1-2H3;1H/b11-7-;;. The molecule has 6 heteroatoms. The smallest absolute Gasteiger partial charge is 0.211 e. The summed E-state index contributed by atoms with van der Waals surface area (Å²) in [5, 5.41) is 14.5. The van der Waals surface area contributed by atoms with E-state index in [0.29, 0.717) is 0 Å². The molecule has 0 fully saturated rings. The molecule has 0 aromatic heterocycles. The molecule has 0 saturated heterocycles. The average molecular weight is 320 g/mol. The fourth-order valence-electron chi connectivity index (χ4n) is 1.46. The second-order valence-electron chi connectivity index (χ2n) is 5.05. The average Bonchev–Trinajstić information content (AvgIpc) is 2.37. The number of rotatable bonds is 9. The molecule has 0 aliphatic carbocycles. The van der Waals surface area contributed by atoms with Gasteiger partial charge in [-0.25, -0.2) is 0 Å². The zero-order valence-corrected chi connectivity index (χ0v) is 14.9. The molecule has 21 heavy (non-hydrogen) atoms. The van der Waals surface area contributed by atoms with Crippen LogP contribution in [0.3, 0.4) is 0 Å². The summed E-state index contributed by atoms with van der Waals surface area (Å²) in [5.41, 5.74) is 12.0. The number of nitrogens with two attached hydrogens (primary N) is 2. The zero-order chi connectivity index (χ0) is 15.8. The van der Waals surface area contributed by atoms with Gasteiger partial charge in [-0.1, -0.05) is 39.5 Å². The lowest BCUT2D eigenvalue weighted by molar-refractivity contribution is 0.739. The molecule has 0 saturated carbocycles. The lowest BCUT2D eigenvalue weighted by Gasteiger charge is -1.96. The number of unbranched alkanes of at least 4 members (excludes halogenated alkanes) is 4. The normalized spacial score (nSPS) is 10.0. The van der Waals surface area contributed by atoms with Crippen molar-refractivity contribution in [3.63, 3.8) is 0 Å². The highest BCUT2D eigenvalue weighted by Crippen LogP contribution is 2.00. The molecule has 0 atom stereocenters. The molecule has 0 aromatic carbocycles. The fraction of sp³-hybridized carbons (Fsp3) is 0.800. The Bertz CT molecular complexity index is 296. The van der Waals surface area contributed by atoms with Gasteiger partial charge in [0.1, 0.15) is 0 Å². The van der Waals surface area contributed by atoms with Gasteiger partial charge in [-0.2, -0.15) is 5.10 Å². The van der Waals surface area contributed by atoms with Crippen molar-refractivity contribution >= 4 is 29.8 Å². The molecule has 0 aliphatic rings. The molecule has 0 unspecified atom stereocenters. The summed E-state index contributed by atoms with van der Waals surface area (Å²) in [4.78, 5) is 0. The molecule has 0 rings (SSSR count). The van der Waals surface area contributed by atoms with Crippen molar-refractivity contribution < 1.29 is 0 Å². The first kappa shape index (κ1) is 24.9. The quantitative estimate of drug-likeness (QED) is 0.256. The Labute approximate surface area is 136 Å². The summed E-state index contributed by atoms with van der Waals surface area (Å²) < 4.78 is 0. The number of halogens is 1. The molecule has 0 bridgehead atoms. The third-order valence-electron chi connectivity index (χ3n) is 2.63. The Kier molecular flexibility index (Phi) is 22.4. The second-order valence-corrected chi connectivity index (χ2v) is 5.05. The maximum absolute atomic E-state index is 7.07. The highest BCUT2D eigenvalue weighted by atomic mass is 35.5. The maximum atomic E-state index is 7.07. The number of guanidine groups is 1. The van der Waals surface area contributed by atoms with Gasteiger partial charge in [0.15, 0.2) is 0 Å². The first-order valence-corrected chi connectivity index (χ1v) is 7.60. The first-order chi connectivity index (χ1) is 9.43. The molecule has 5 nitrogen and oxygen atoms in total. The van der Waals surface area contributed by atoms with Crippen LogP contribution in [0.25, 0.3) is 0 Å². The lowest BCUT2D eigenvalue weighted by atomic mass is 10.1. The molecule has 126 valence electrons. The van der Waals surface area contributed by atoms with Crippen LogP contribution in [0.2, 0.25) is 0 Å². The van der Waals surface area contributed by atoms with Crippen LogP contribution in [0, 0.1) is 5.41 Å². The Hall–Kier alpha value is -1.10. The molecule has 0 heterocycles. The van der Waals surface area contributed by atoms with Crippen molar-refractivity contribution in [3.05, 3.63) is 0 Å². The molecule has 0 aromatic rings. The highest BCUT2D eigenvalue weighted by molar-refractivity contribution is 5.85. The van der Waals surface area contributed by atoms with Crippen LogP contribution in [0.4, 0.5) is 0 Å². The minimum absolute atomic E-state index is 0. The van der Waals surface area contributed by atoms with E-state index in [2.05, 4.69) is 24.1 Å². The lowest BCUT2D eigenvalue weighted by Crippen LogP contribution is -2.22. The minimum atomic E-state index is 0. The van der Waals surface area contributed by atoms with Crippen LogP contribution in [-0.4, -0.2) is 17.4 Å². The fourth-order valence-corrected chi connectivity index (χ4v) is 1.46. The van der Waals surface area contributed by atoms with E-state index in [1.54, 1.807) is 0 Å². The number of hydrogen-bond acceptors (Lipinski definition) is 3. The number of nitrogens with zero attached hydrogens (tertiary/aromatic N) is 2.